The third-order valence-corrected chi connectivity index (χ3v) is 14.9. The zero-order valence-electron chi connectivity index (χ0n) is 39.2. The van der Waals surface area contributed by atoms with Crippen LogP contribution in [0, 0.1) is 40.9 Å². The number of halogens is 1. The molecule has 13 atom stereocenters. The molecule has 0 spiro atoms. The van der Waals surface area contributed by atoms with Crippen molar-refractivity contribution in [2.75, 3.05) is 33.6 Å². The summed E-state index contributed by atoms with van der Waals surface area (Å²) in [5.41, 5.74) is -0.810. The largest absolute Gasteiger partial charge is 0.459 e. The van der Waals surface area contributed by atoms with Crippen molar-refractivity contribution >= 4 is 27.4 Å². The zero-order valence-corrected chi connectivity index (χ0v) is 40.0. The number of rotatable bonds is 14. The van der Waals surface area contributed by atoms with Gasteiger partial charge in [-0.3, -0.25) is 23.5 Å². The first kappa shape index (κ1) is 51.5. The highest BCUT2D eigenvalue weighted by Crippen LogP contribution is 2.42. The molecule has 3 heterocycles. The van der Waals surface area contributed by atoms with E-state index in [9.17, 15) is 32.3 Å². The van der Waals surface area contributed by atoms with Gasteiger partial charge in [-0.2, -0.15) is 0 Å². The van der Waals surface area contributed by atoms with Gasteiger partial charge in [0, 0.05) is 68.7 Å². The average molecular weight is 893 g/mol. The molecule has 16 heteroatoms. The molecule has 0 aliphatic carbocycles. The summed E-state index contributed by atoms with van der Waals surface area (Å²) in [5.74, 6) is -5.01. The number of cyclic esters (lactones) is 1. The Morgan fingerprint density at radius 3 is 2.24 bits per heavy atom. The number of alkyl halides is 1. The van der Waals surface area contributed by atoms with E-state index >= 15 is 0 Å². The normalized spacial score (nSPS) is 32.9. The van der Waals surface area contributed by atoms with Crippen molar-refractivity contribution in [3.63, 3.8) is 0 Å². The molecule has 4 rings (SSSR count). The monoisotopic (exact) mass is 893 g/mol. The number of aliphatic hydroxyl groups is 1. The van der Waals surface area contributed by atoms with E-state index in [1.807, 2.05) is 41.7 Å². The molecule has 1 aromatic carbocycles. The van der Waals surface area contributed by atoms with Crippen molar-refractivity contribution in [2.24, 2.45) is 40.9 Å². The van der Waals surface area contributed by atoms with Crippen molar-refractivity contribution in [1.82, 2.24) is 19.9 Å². The van der Waals surface area contributed by atoms with Gasteiger partial charge in [-0.05, 0) is 76.1 Å². The second-order valence-corrected chi connectivity index (χ2v) is 21.2. The third-order valence-electron chi connectivity index (χ3n) is 13.8. The van der Waals surface area contributed by atoms with Crippen molar-refractivity contribution in [1.29, 1.82) is 0 Å². The van der Waals surface area contributed by atoms with Gasteiger partial charge in [0.25, 0.3) is 0 Å². The lowest BCUT2D eigenvalue weighted by Crippen LogP contribution is -2.53. The van der Waals surface area contributed by atoms with Crippen molar-refractivity contribution < 1.29 is 51.2 Å². The third kappa shape index (κ3) is 12.3. The maximum Gasteiger partial charge on any atom is 0.316 e. The van der Waals surface area contributed by atoms with E-state index in [1.165, 1.54) is 19.2 Å². The topological polar surface area (TPSA) is 176 Å². The van der Waals surface area contributed by atoms with E-state index in [0.717, 1.165) is 18.4 Å². The Morgan fingerprint density at radius 2 is 1.66 bits per heavy atom. The number of Topliss-reactive ketones (excluding diaryl/α,β-unsaturated/α-hetero) is 2. The van der Waals surface area contributed by atoms with Crippen LogP contribution in [0.15, 0.2) is 35.4 Å². The highest BCUT2D eigenvalue weighted by Gasteiger charge is 2.49. The fraction of sp³-hybridized carbons (Fsp3) is 0.761. The maximum atomic E-state index is 14.4. The number of carbonyl (C=O) groups excluding carboxylic acids is 3. The number of esters is 1. The molecule has 2 aromatic rings. The van der Waals surface area contributed by atoms with Crippen LogP contribution in [-0.4, -0.2) is 121 Å². The van der Waals surface area contributed by atoms with E-state index in [2.05, 4.69) is 15.2 Å². The lowest BCUT2D eigenvalue weighted by Gasteiger charge is -2.45. The summed E-state index contributed by atoms with van der Waals surface area (Å²) < 4.78 is 64.7. The first-order valence-corrected chi connectivity index (χ1v) is 24.0. The molecule has 1 aromatic heterocycles. The smallest absolute Gasteiger partial charge is 0.316 e. The Labute approximate surface area is 368 Å². The van der Waals surface area contributed by atoms with E-state index in [4.69, 9.17) is 18.9 Å². The highest BCUT2D eigenvalue weighted by atomic mass is 32.2. The van der Waals surface area contributed by atoms with Crippen LogP contribution >= 0.6 is 0 Å². The van der Waals surface area contributed by atoms with Gasteiger partial charge in [-0.25, -0.2) is 8.42 Å². The van der Waals surface area contributed by atoms with Gasteiger partial charge in [0.2, 0.25) is 0 Å². The predicted octanol–water partition coefficient (Wildman–Crippen LogP) is 6.23. The van der Waals surface area contributed by atoms with Gasteiger partial charge in [-0.1, -0.05) is 65.8 Å². The fourth-order valence-electron chi connectivity index (χ4n) is 9.67. The van der Waals surface area contributed by atoms with Crippen molar-refractivity contribution in [3.05, 3.63) is 41.7 Å². The number of carbonyl (C=O) groups is 3. The quantitative estimate of drug-likeness (QED) is 0.167. The molecule has 0 amide bonds. The number of ketones is 2. The van der Waals surface area contributed by atoms with E-state index < -0.39 is 93.6 Å². The number of ether oxygens (including phenoxy) is 4. The molecule has 14 nitrogen and oxygen atoms in total. The fourth-order valence-corrected chi connectivity index (χ4v) is 10.3. The van der Waals surface area contributed by atoms with Gasteiger partial charge in [-0.15, -0.1) is 5.10 Å². The molecule has 0 saturated carbocycles. The molecule has 350 valence electrons. The number of hydrogen-bond donors (Lipinski definition) is 1. The highest BCUT2D eigenvalue weighted by molar-refractivity contribution is 7.90. The zero-order chi connectivity index (χ0) is 46.5. The van der Waals surface area contributed by atoms with Crippen LogP contribution in [-0.2, 0) is 56.1 Å². The molecule has 1 N–H and O–H groups in total. The first-order valence-electron chi connectivity index (χ1n) is 22.1. The molecule has 0 radical (unpaired) electrons. The van der Waals surface area contributed by atoms with E-state index in [0.29, 0.717) is 37.8 Å². The summed E-state index contributed by atoms with van der Waals surface area (Å²) in [5, 5.41) is 20.3. The summed E-state index contributed by atoms with van der Waals surface area (Å²) in [4.78, 5) is 44.1. The van der Waals surface area contributed by atoms with Gasteiger partial charge >= 0.3 is 5.97 Å². The summed E-state index contributed by atoms with van der Waals surface area (Å²) in [6.45, 7) is 18.3. The Bertz CT molecular complexity index is 1920. The van der Waals surface area contributed by atoms with Crippen molar-refractivity contribution in [2.45, 2.75) is 155 Å². The summed E-state index contributed by atoms with van der Waals surface area (Å²) in [6.07, 6.45) is 2.38. The van der Waals surface area contributed by atoms with Crippen LogP contribution in [0.4, 0.5) is 4.39 Å². The van der Waals surface area contributed by atoms with Crippen LogP contribution in [0.25, 0.3) is 0 Å². The van der Waals surface area contributed by atoms with Crippen LogP contribution in [0.3, 0.4) is 0 Å². The standard InChI is InChI=1S/C46H73FN4O10S/c1-14-38-46(10,55)32(7)29(4)40(52)27(2)23-45(8,9)43(30(5)41(53)31(6)44(54)60-38)61-39-22-36(21-28(3)59-39)50(11)20-19-35-26-51(49-48-35)25-34(24-47)42(58-12)33-15-17-37(18-16-33)62(13,56)57/h15-18,26-32,34,36,38-39,42-43,55H,14,19-25H2,1-13H3/t27-,28-,29-,30+,31-,32-,34+,36+,38-,39+,42-,43-,46+/m1/s1. The first-order chi connectivity index (χ1) is 28.9. The molecular weight excluding hydrogens is 820 g/mol. The number of sulfone groups is 1. The van der Waals surface area contributed by atoms with E-state index in [-0.39, 0.29) is 35.2 Å². The van der Waals surface area contributed by atoms with Gasteiger partial charge < -0.3 is 29.0 Å². The predicted molar refractivity (Wildman–Crippen MR) is 232 cm³/mol. The molecular formula is C46H73FN4O10S. The minimum atomic E-state index is -3.38. The van der Waals surface area contributed by atoms with Crippen LogP contribution in [0.1, 0.15) is 112 Å². The SMILES string of the molecule is CC[C@H]1OC(=O)[C@H](C)C(=O)[C@H](C)[C@@H](O[C@H]2C[C@@H](N(C)CCc3cn(C[C@H](CF)[C@H](OC)c4ccc(S(C)(=O)=O)cc4)nn3)C[C@@H](C)O2)C(C)(C)C[C@@H](C)C(=O)[C@H](C)[C@@H](C)[C@]1(C)O. The Kier molecular flexibility index (Phi) is 17.6. The van der Waals surface area contributed by atoms with Crippen molar-refractivity contribution in [3.8, 4) is 0 Å². The van der Waals surface area contributed by atoms with Crippen LogP contribution in [0.2, 0.25) is 0 Å². The molecule has 2 aliphatic rings. The summed E-state index contributed by atoms with van der Waals surface area (Å²) >= 11 is 0. The number of hydrogen-bond acceptors (Lipinski definition) is 13. The summed E-state index contributed by atoms with van der Waals surface area (Å²) in [7, 11) is 0.149. The van der Waals surface area contributed by atoms with Gasteiger partial charge in [0.1, 0.15) is 23.4 Å². The van der Waals surface area contributed by atoms with Gasteiger partial charge in [0.05, 0.1) is 42.1 Å². The number of benzene rings is 1. The Morgan fingerprint density at radius 1 is 1.02 bits per heavy atom. The Balaban J connectivity index is 1.47. The van der Waals surface area contributed by atoms with Crippen LogP contribution in [0.5, 0.6) is 0 Å². The molecule has 2 aliphatic heterocycles. The number of likely N-dealkylation sites (N-methyl/N-ethyl adjacent to an activating group) is 1. The molecule has 62 heavy (non-hydrogen) atoms. The van der Waals surface area contributed by atoms with E-state index in [1.54, 1.807) is 57.6 Å². The molecule has 0 bridgehead atoms. The number of nitrogens with zero attached hydrogens (tertiary/aromatic N) is 4. The lowest BCUT2D eigenvalue weighted by molar-refractivity contribution is -0.247. The Hall–Kier alpha value is -3.15. The molecule has 0 unspecified atom stereocenters. The second kappa shape index (κ2) is 21.2. The molecule has 2 fully saturated rings. The minimum absolute atomic E-state index is 0.0142. The number of aromatic nitrogens is 3. The van der Waals surface area contributed by atoms with Crippen LogP contribution < -0.4 is 0 Å². The maximum absolute atomic E-state index is 14.4. The lowest BCUT2D eigenvalue weighted by atomic mass is 9.68. The number of methoxy groups -OCH3 is 1. The van der Waals surface area contributed by atoms with Gasteiger partial charge in [0.15, 0.2) is 21.9 Å². The summed E-state index contributed by atoms with van der Waals surface area (Å²) in [6, 6.07) is 6.33. The second-order valence-electron chi connectivity index (χ2n) is 19.2. The molecule has 2 saturated heterocycles. The average Bonchev–Trinajstić information content (AvgIpc) is 3.67. The minimum Gasteiger partial charge on any atom is -0.459 e.